The Morgan fingerprint density at radius 2 is 1.58 bits per heavy atom. The van der Waals surface area contributed by atoms with Crippen molar-refractivity contribution in [3.05, 3.63) is 71.8 Å². The smallest absolute Gasteiger partial charge is 0.319 e. The molecule has 1 heterocycles. The number of Topliss-reactive ketones (excluding diaryl/α,β-unsaturated/α-hetero) is 1. The second-order valence-electron chi connectivity index (χ2n) is 5.96. The summed E-state index contributed by atoms with van der Waals surface area (Å²) in [4.78, 5) is 37.8. The lowest BCUT2D eigenvalue weighted by molar-refractivity contribution is -0.134. The van der Waals surface area contributed by atoms with Crippen LogP contribution in [0.3, 0.4) is 0 Å². The van der Waals surface area contributed by atoms with Crippen LogP contribution < -0.4 is 5.32 Å². The number of carbonyl (C=O) groups excluding carboxylic acids is 3. The van der Waals surface area contributed by atoms with Crippen molar-refractivity contribution in [1.29, 1.82) is 0 Å². The number of ketones is 1. The lowest BCUT2D eigenvalue weighted by atomic mass is 9.83. The number of benzene rings is 2. The number of carbonyl (C=O) groups is 3. The zero-order chi connectivity index (χ0) is 17.2. The summed E-state index contributed by atoms with van der Waals surface area (Å²) in [6.07, 6.45) is 0.330. The van der Waals surface area contributed by atoms with Crippen LogP contribution in [-0.4, -0.2) is 29.2 Å². The van der Waals surface area contributed by atoms with Crippen molar-refractivity contribution in [2.75, 3.05) is 6.54 Å². The predicted octanol–water partition coefficient (Wildman–Crippen LogP) is 2.27. The number of hydrogen-bond donors (Lipinski definition) is 1. The molecule has 1 aliphatic heterocycles. The van der Waals surface area contributed by atoms with Crippen molar-refractivity contribution in [3.63, 3.8) is 0 Å². The van der Waals surface area contributed by atoms with Crippen LogP contribution in [0.4, 0.5) is 4.79 Å². The normalized spacial score (nSPS) is 20.1. The van der Waals surface area contributed by atoms with Gasteiger partial charge < -0.3 is 5.32 Å². The first kappa shape index (κ1) is 15.9. The summed E-state index contributed by atoms with van der Waals surface area (Å²) in [5.74, 6) is -0.625. The van der Waals surface area contributed by atoms with Gasteiger partial charge in [-0.3, -0.25) is 14.5 Å². The lowest BCUT2D eigenvalue weighted by Gasteiger charge is -2.27. The molecule has 1 fully saturated rings. The van der Waals surface area contributed by atoms with E-state index in [2.05, 4.69) is 5.32 Å². The van der Waals surface area contributed by atoms with Gasteiger partial charge in [-0.2, -0.15) is 0 Å². The third kappa shape index (κ3) is 2.80. The first-order valence-corrected chi connectivity index (χ1v) is 7.76. The molecule has 1 aliphatic rings. The highest BCUT2D eigenvalue weighted by atomic mass is 16.2. The fraction of sp³-hybridized carbons (Fsp3) is 0.211. The summed E-state index contributed by atoms with van der Waals surface area (Å²) in [5, 5.41) is 2.82. The minimum Gasteiger partial charge on any atom is -0.319 e. The molecule has 0 radical (unpaired) electrons. The number of nitrogens with zero attached hydrogens (tertiary/aromatic N) is 1. The number of rotatable bonds is 5. The number of nitrogens with one attached hydrogen (secondary N) is 1. The fourth-order valence-corrected chi connectivity index (χ4v) is 3.03. The Bertz CT molecular complexity index is 774. The zero-order valence-electron chi connectivity index (χ0n) is 13.4. The summed E-state index contributed by atoms with van der Waals surface area (Å²) in [7, 11) is 0. The van der Waals surface area contributed by atoms with Gasteiger partial charge >= 0.3 is 6.03 Å². The number of imide groups is 1. The molecule has 0 aliphatic carbocycles. The van der Waals surface area contributed by atoms with Gasteiger partial charge in [0.2, 0.25) is 0 Å². The molecule has 1 saturated heterocycles. The van der Waals surface area contributed by atoms with Gasteiger partial charge in [0.15, 0.2) is 5.54 Å². The molecule has 5 heteroatoms. The van der Waals surface area contributed by atoms with E-state index >= 15 is 0 Å². The highest BCUT2D eigenvalue weighted by Gasteiger charge is 2.52. The molecule has 1 atom stereocenters. The van der Waals surface area contributed by atoms with E-state index in [1.54, 1.807) is 0 Å². The SMILES string of the molecule is CC(=O)CN1C(=O)N[C@](Cc2ccccc2)(c2ccccc2)C1=O. The molecule has 0 saturated carbocycles. The summed E-state index contributed by atoms with van der Waals surface area (Å²) < 4.78 is 0. The maximum absolute atomic E-state index is 13.1. The minimum atomic E-state index is -1.19. The van der Waals surface area contributed by atoms with Crippen molar-refractivity contribution in [2.24, 2.45) is 0 Å². The van der Waals surface area contributed by atoms with Crippen molar-refractivity contribution in [1.82, 2.24) is 10.2 Å². The third-order valence-corrected chi connectivity index (χ3v) is 4.14. The molecule has 0 unspecified atom stereocenters. The first-order chi connectivity index (χ1) is 11.5. The molecule has 122 valence electrons. The van der Waals surface area contributed by atoms with Gasteiger partial charge in [-0.05, 0) is 18.1 Å². The highest BCUT2D eigenvalue weighted by Crippen LogP contribution is 2.32. The number of amides is 3. The quantitative estimate of drug-likeness (QED) is 0.859. The number of hydrogen-bond acceptors (Lipinski definition) is 3. The van der Waals surface area contributed by atoms with Crippen molar-refractivity contribution < 1.29 is 14.4 Å². The third-order valence-electron chi connectivity index (χ3n) is 4.14. The molecule has 0 spiro atoms. The van der Waals surface area contributed by atoms with Gasteiger partial charge in [0.1, 0.15) is 5.78 Å². The molecule has 0 bridgehead atoms. The van der Waals surface area contributed by atoms with Gasteiger partial charge in [-0.1, -0.05) is 60.7 Å². The van der Waals surface area contributed by atoms with Gasteiger partial charge in [0.25, 0.3) is 5.91 Å². The molecule has 3 amide bonds. The van der Waals surface area contributed by atoms with E-state index in [1.165, 1.54) is 6.92 Å². The Balaban J connectivity index is 2.05. The Labute approximate surface area is 140 Å². The van der Waals surface area contributed by atoms with Crippen LogP contribution in [0.1, 0.15) is 18.1 Å². The van der Waals surface area contributed by atoms with Gasteiger partial charge in [0, 0.05) is 6.42 Å². The Kier molecular flexibility index (Phi) is 4.16. The molecule has 3 rings (SSSR count). The Hall–Kier alpha value is -2.95. The van der Waals surface area contributed by atoms with Crippen molar-refractivity contribution in [3.8, 4) is 0 Å². The van der Waals surface area contributed by atoms with E-state index in [4.69, 9.17) is 0 Å². The lowest BCUT2D eigenvalue weighted by Crippen LogP contribution is -2.46. The first-order valence-electron chi connectivity index (χ1n) is 7.76. The maximum atomic E-state index is 13.1. The largest absolute Gasteiger partial charge is 0.325 e. The van der Waals surface area contributed by atoms with E-state index in [9.17, 15) is 14.4 Å². The average molecular weight is 322 g/mol. The van der Waals surface area contributed by atoms with Gasteiger partial charge in [0.05, 0.1) is 6.54 Å². The second kappa shape index (κ2) is 6.28. The Morgan fingerprint density at radius 3 is 2.17 bits per heavy atom. The van der Waals surface area contributed by atoms with E-state index in [0.29, 0.717) is 12.0 Å². The summed E-state index contributed by atoms with van der Waals surface area (Å²) in [6, 6.07) is 18.1. The van der Waals surface area contributed by atoms with Gasteiger partial charge in [-0.15, -0.1) is 0 Å². The van der Waals surface area contributed by atoms with E-state index in [1.807, 2.05) is 60.7 Å². The fourth-order valence-electron chi connectivity index (χ4n) is 3.03. The topological polar surface area (TPSA) is 66.5 Å². The highest BCUT2D eigenvalue weighted by molar-refractivity contribution is 6.09. The van der Waals surface area contributed by atoms with Crippen LogP contribution in [0, 0.1) is 0 Å². The summed E-state index contributed by atoms with van der Waals surface area (Å²) in [6.45, 7) is 1.15. The molecule has 2 aromatic carbocycles. The number of urea groups is 1. The van der Waals surface area contributed by atoms with Crippen LogP contribution in [0.5, 0.6) is 0 Å². The van der Waals surface area contributed by atoms with Crippen molar-refractivity contribution in [2.45, 2.75) is 18.9 Å². The van der Waals surface area contributed by atoms with E-state index in [-0.39, 0.29) is 12.3 Å². The predicted molar refractivity (Wildman–Crippen MR) is 89.2 cm³/mol. The van der Waals surface area contributed by atoms with E-state index < -0.39 is 17.5 Å². The van der Waals surface area contributed by atoms with E-state index in [0.717, 1.165) is 10.5 Å². The molecule has 0 aromatic heterocycles. The monoisotopic (exact) mass is 322 g/mol. The van der Waals surface area contributed by atoms with Crippen LogP contribution in [-0.2, 0) is 21.5 Å². The summed E-state index contributed by atoms with van der Waals surface area (Å²) >= 11 is 0. The van der Waals surface area contributed by atoms with Crippen LogP contribution in [0.25, 0.3) is 0 Å². The molecular formula is C19H18N2O3. The molecule has 1 N–H and O–H groups in total. The van der Waals surface area contributed by atoms with Crippen LogP contribution in [0.15, 0.2) is 60.7 Å². The standard InChI is InChI=1S/C19H18N2O3/c1-14(22)13-21-17(23)19(20-18(21)24,16-10-6-3-7-11-16)12-15-8-4-2-5-9-15/h2-11H,12-13H2,1H3,(H,20,24)/t19-/m1/s1. The Morgan fingerprint density at radius 1 is 1.00 bits per heavy atom. The summed E-state index contributed by atoms with van der Waals surface area (Å²) in [5.41, 5.74) is 0.452. The average Bonchev–Trinajstić information content (AvgIpc) is 2.81. The second-order valence-corrected chi connectivity index (χ2v) is 5.96. The molecular weight excluding hydrogens is 304 g/mol. The zero-order valence-corrected chi connectivity index (χ0v) is 13.4. The minimum absolute atomic E-state index is 0.214. The van der Waals surface area contributed by atoms with Gasteiger partial charge in [-0.25, -0.2) is 4.79 Å². The molecule has 2 aromatic rings. The molecule has 24 heavy (non-hydrogen) atoms. The van der Waals surface area contributed by atoms with Crippen LogP contribution in [0.2, 0.25) is 0 Å². The maximum Gasteiger partial charge on any atom is 0.325 e. The van der Waals surface area contributed by atoms with Crippen LogP contribution >= 0.6 is 0 Å². The van der Waals surface area contributed by atoms with Crippen molar-refractivity contribution >= 4 is 17.7 Å². The molecule has 5 nitrogen and oxygen atoms in total.